The second kappa shape index (κ2) is 27.8. The van der Waals surface area contributed by atoms with Crippen LogP contribution >= 0.6 is 0 Å². The molecule has 14 aromatic rings. The second-order valence-electron chi connectivity index (χ2n) is 23.9. The molecule has 0 bridgehead atoms. The van der Waals surface area contributed by atoms with Crippen LogP contribution in [0.3, 0.4) is 0 Å². The lowest BCUT2D eigenvalue weighted by molar-refractivity contribution is -0.689. The van der Waals surface area contributed by atoms with E-state index in [4.69, 9.17) is 0 Å². The molecule has 10 nitrogen and oxygen atoms in total. The van der Waals surface area contributed by atoms with Crippen molar-refractivity contribution in [3.63, 3.8) is 0 Å². The normalized spacial score (nSPS) is 11.2. The third kappa shape index (κ3) is 15.1. The molecular weight excluding hydrogens is 1120 g/mol. The fourth-order valence-corrected chi connectivity index (χ4v) is 11.9. The predicted octanol–water partition coefficient (Wildman–Crippen LogP) is 10.3. The van der Waals surface area contributed by atoms with Crippen LogP contribution in [0, 0.1) is 0 Å². The predicted molar refractivity (Wildman–Crippen MR) is 353 cm³/mol. The van der Waals surface area contributed by atoms with E-state index in [9.17, 15) is 0 Å². The molecule has 0 spiro atoms. The van der Waals surface area contributed by atoms with Gasteiger partial charge in [0, 0.05) is 166 Å². The third-order valence-corrected chi connectivity index (χ3v) is 17.2. The van der Waals surface area contributed by atoms with Crippen LogP contribution in [0.4, 0.5) is 0 Å². The van der Waals surface area contributed by atoms with Crippen LogP contribution < -0.4 is 46.5 Å². The van der Waals surface area contributed by atoms with Gasteiger partial charge < -0.3 is 0 Å². The number of pyridine rings is 10. The van der Waals surface area contributed by atoms with Crippen LogP contribution in [0.5, 0.6) is 0 Å². The molecule has 442 valence electrons. The number of nitrogens with zero attached hydrogens (tertiary/aromatic N) is 8. The number of hydrogen-bond acceptors (Lipinski definition) is 0. The number of hydrogen-bond donors (Lipinski definition) is 0. The quantitative estimate of drug-likeness (QED) is 0.0644. The lowest BCUT2D eigenvalue weighted by atomic mass is 10.1. The summed E-state index contributed by atoms with van der Waals surface area (Å²) in [5.74, 6) is 0. The molecule has 10 heteroatoms. The van der Waals surface area contributed by atoms with Crippen LogP contribution in [-0.4, -0.2) is 0 Å². The number of rotatable bonds is 21. The summed E-state index contributed by atoms with van der Waals surface area (Å²) in [6.07, 6.45) is 42.6. The molecule has 4 aromatic carbocycles. The van der Waals surface area contributed by atoms with Crippen molar-refractivity contribution in [3.8, 4) is 55.6 Å². The molecule has 0 aliphatic heterocycles. The zero-order chi connectivity index (χ0) is 61.7. The van der Waals surface area contributed by atoms with E-state index in [1.807, 2.05) is 24.8 Å². The highest BCUT2D eigenvalue weighted by molar-refractivity contribution is 5.64. The lowest BCUT2D eigenvalue weighted by Crippen LogP contribution is -2.34. The van der Waals surface area contributed by atoms with Crippen molar-refractivity contribution in [2.24, 2.45) is 0 Å². The molecule has 14 rings (SSSR count). The smallest absolute Gasteiger partial charge is 0.173 e. The van der Waals surface area contributed by atoms with Crippen molar-refractivity contribution in [3.05, 3.63) is 387 Å². The minimum absolute atomic E-state index is 0.814. The highest BCUT2D eigenvalue weighted by atomic mass is 15.0. The third-order valence-electron chi connectivity index (χ3n) is 17.2. The summed E-state index contributed by atoms with van der Waals surface area (Å²) >= 11 is 0. The van der Waals surface area contributed by atoms with Gasteiger partial charge in [0.2, 0.25) is 0 Å². The van der Waals surface area contributed by atoms with E-state index in [1.54, 1.807) is 0 Å². The van der Waals surface area contributed by atoms with Gasteiger partial charge in [-0.1, -0.05) is 97.1 Å². The van der Waals surface area contributed by atoms with Crippen molar-refractivity contribution in [1.29, 1.82) is 0 Å². The van der Waals surface area contributed by atoms with Crippen LogP contribution in [0.2, 0.25) is 0 Å². The summed E-state index contributed by atoms with van der Waals surface area (Å²) in [4.78, 5) is 6.19. The minimum atomic E-state index is 0.814. The molecular formula is C82H74N10+10. The van der Waals surface area contributed by atoms with Gasteiger partial charge in [0.25, 0.3) is 0 Å². The van der Waals surface area contributed by atoms with E-state index in [1.165, 1.54) is 100 Å². The van der Waals surface area contributed by atoms with E-state index >= 15 is 0 Å². The van der Waals surface area contributed by atoms with Crippen molar-refractivity contribution in [2.75, 3.05) is 0 Å². The van der Waals surface area contributed by atoms with E-state index in [-0.39, 0.29) is 0 Å². The Morgan fingerprint density at radius 3 is 0.370 bits per heavy atom. The average Bonchev–Trinajstić information content (AvgIpc) is 3.62. The van der Waals surface area contributed by atoms with Crippen LogP contribution in [0.1, 0.15) is 44.5 Å². The molecule has 0 aliphatic rings. The lowest BCUT2D eigenvalue weighted by Gasteiger charge is -2.04. The molecule has 0 aliphatic carbocycles. The van der Waals surface area contributed by atoms with Crippen molar-refractivity contribution < 1.29 is 46.5 Å². The van der Waals surface area contributed by atoms with Gasteiger partial charge in [-0.3, -0.25) is 0 Å². The van der Waals surface area contributed by atoms with Gasteiger partial charge in [0.15, 0.2) is 176 Å². The first-order chi connectivity index (χ1) is 45.4. The second-order valence-corrected chi connectivity index (χ2v) is 23.9. The van der Waals surface area contributed by atoms with Crippen molar-refractivity contribution in [1.82, 2.24) is 0 Å². The van der Waals surface area contributed by atoms with E-state index in [2.05, 4.69) is 364 Å². The van der Waals surface area contributed by atoms with Crippen LogP contribution in [0.15, 0.2) is 342 Å². The van der Waals surface area contributed by atoms with E-state index in [0.717, 1.165) is 52.4 Å². The number of nitrogens with one attached hydrogen (secondary N) is 2. The van der Waals surface area contributed by atoms with Gasteiger partial charge in [-0.15, -0.1) is 0 Å². The van der Waals surface area contributed by atoms with Gasteiger partial charge in [-0.2, -0.15) is 0 Å². The summed E-state index contributed by atoms with van der Waals surface area (Å²) in [6.45, 7) is 6.58. The highest BCUT2D eigenvalue weighted by Gasteiger charge is 2.15. The van der Waals surface area contributed by atoms with Gasteiger partial charge >= 0.3 is 0 Å². The average molecular weight is 1200 g/mol. The molecule has 0 fully saturated rings. The number of aromatic amines is 2. The molecule has 0 saturated heterocycles. The molecule has 0 amide bonds. The number of aromatic nitrogens is 10. The minimum Gasteiger partial charge on any atom is -0.218 e. The first kappa shape index (κ1) is 58.1. The maximum Gasteiger partial charge on any atom is 0.173 e. The maximum atomic E-state index is 3.09. The Bertz CT molecular complexity index is 4340. The molecule has 92 heavy (non-hydrogen) atoms. The number of benzene rings is 4. The first-order valence-corrected chi connectivity index (χ1v) is 31.6. The Hall–Kier alpha value is -11.6. The molecule has 10 heterocycles. The zero-order valence-electron chi connectivity index (χ0n) is 51.6. The fourth-order valence-electron chi connectivity index (χ4n) is 11.9. The van der Waals surface area contributed by atoms with Crippen molar-refractivity contribution in [2.45, 2.75) is 52.4 Å². The van der Waals surface area contributed by atoms with Gasteiger partial charge in [-0.25, -0.2) is 46.5 Å². The topological polar surface area (TPSA) is 59.3 Å². The van der Waals surface area contributed by atoms with Gasteiger partial charge in [0.05, 0.1) is 0 Å². The molecule has 0 saturated carbocycles. The molecule has 0 radical (unpaired) electrons. The molecule has 10 aromatic heterocycles. The van der Waals surface area contributed by atoms with Crippen molar-refractivity contribution >= 4 is 0 Å². The van der Waals surface area contributed by atoms with E-state index in [0.29, 0.717) is 0 Å². The largest absolute Gasteiger partial charge is 0.218 e. The Labute approximate surface area is 538 Å². The molecule has 0 unspecified atom stereocenters. The Morgan fingerprint density at radius 2 is 0.250 bits per heavy atom. The standard InChI is InChI=1S/C82H72N10/c1-5-67(6-2-65(1)57-85-41-21-75(22-42-85)73-17-37-83-38-18-73)59-87-45-25-77(26-46-87)79-29-49-89(50-30-79)61-69-9-13-71(14-10-69)63-91-53-33-81(34-54-91)82-35-55-92(56-36-82)64-72-15-11-70(12-16-72)62-90-51-31-80(32-52-90)78-27-47-88(48-28-78)60-68-7-3-66(4-8-68)58-86-43-23-76(24-44-86)74-19-39-84-40-20-74/h1-56H,57-64H2/q+8/p+2. The monoisotopic (exact) mass is 1200 g/mol. The van der Waals surface area contributed by atoms with E-state index < -0.39 is 0 Å². The maximum absolute atomic E-state index is 3.09. The highest BCUT2D eigenvalue weighted by Crippen LogP contribution is 2.21. The summed E-state index contributed by atoms with van der Waals surface area (Å²) in [6, 6.07) is 79.5. The summed E-state index contributed by atoms with van der Waals surface area (Å²) in [5, 5.41) is 0. The summed E-state index contributed by atoms with van der Waals surface area (Å²) in [5.41, 5.74) is 22.3. The Kier molecular flexibility index (Phi) is 17.6. The first-order valence-electron chi connectivity index (χ1n) is 31.6. The SMILES string of the molecule is c1cc(-c2cc[n+](Cc3ccc(C[n+]4ccc(-c5cc[n+](Cc6ccc(C[n+]7ccc(-c8cc[n+](Cc9ccc(C[n+]%10ccc(-c%11cc[n+](Cc%12ccc(C[n+]%13ccc(-c%14cc[nH+]cc%14)cc%13)cc%12)cc%11)cc%10)cc9)cc8)cc7)cc6)cc5)cc4)cc3)cc2)cc[nH+]1. The Morgan fingerprint density at radius 1 is 0.141 bits per heavy atom. The van der Waals surface area contributed by atoms with Crippen LogP contribution in [0.25, 0.3) is 55.6 Å². The van der Waals surface area contributed by atoms with Gasteiger partial charge in [-0.05, 0) is 55.6 Å². The molecule has 2 N–H and O–H groups in total. The fraction of sp³-hybridized carbons (Fsp3) is 0.0976. The number of H-pyrrole nitrogens is 2. The summed E-state index contributed by atoms with van der Waals surface area (Å²) < 4.78 is 17.9. The molecule has 0 atom stereocenters. The Balaban J connectivity index is 0.498. The van der Waals surface area contributed by atoms with Gasteiger partial charge in [0.1, 0.15) is 0 Å². The van der Waals surface area contributed by atoms with Crippen LogP contribution in [-0.2, 0) is 52.4 Å². The summed E-state index contributed by atoms with van der Waals surface area (Å²) in [7, 11) is 0. The zero-order valence-corrected chi connectivity index (χ0v) is 51.6.